The minimum atomic E-state index is 0.0000566. The molecule has 3 nitrogen and oxygen atoms in total. The molecule has 0 saturated heterocycles. The Bertz CT molecular complexity index is 744. The predicted octanol–water partition coefficient (Wildman–Crippen LogP) is 4.21. The molecule has 0 spiro atoms. The van der Waals surface area contributed by atoms with E-state index in [0.29, 0.717) is 11.5 Å². The molecule has 1 aromatic heterocycles. The van der Waals surface area contributed by atoms with Crippen LogP contribution in [0.4, 0.5) is 0 Å². The average Bonchev–Trinajstić information content (AvgIpc) is 2.98. The first-order valence-electron chi connectivity index (χ1n) is 6.37. The fraction of sp³-hybridized carbons (Fsp3) is 0.0588. The van der Waals surface area contributed by atoms with Gasteiger partial charge in [0, 0.05) is 16.7 Å². The second-order valence-corrected chi connectivity index (χ2v) is 4.51. The van der Waals surface area contributed by atoms with Crippen LogP contribution in [0.15, 0.2) is 65.3 Å². The first-order valence-corrected chi connectivity index (χ1v) is 6.37. The number of Topliss-reactive ketones (excluding diaryl/α,β-unsaturated/α-hetero) is 1. The number of aromatic nitrogens is 1. The van der Waals surface area contributed by atoms with Gasteiger partial charge in [-0.3, -0.25) is 4.79 Å². The molecule has 3 rings (SSSR count). The number of oxazole rings is 1. The Labute approximate surface area is 116 Å². The zero-order valence-electron chi connectivity index (χ0n) is 11.0. The third kappa shape index (κ3) is 2.26. The molecule has 0 bridgehead atoms. The SMILES string of the molecule is CC(=O)c1ccccc1-c1nc(-c2ccccc2)co1. The standard InChI is InChI=1S/C17H13NO2/c1-12(19)14-9-5-6-10-15(14)17-18-16(11-20-17)13-7-3-2-4-8-13/h2-11H,1H3. The van der Waals surface area contributed by atoms with Gasteiger partial charge in [0.15, 0.2) is 5.78 Å². The van der Waals surface area contributed by atoms with E-state index in [-0.39, 0.29) is 5.78 Å². The Morgan fingerprint density at radius 2 is 1.70 bits per heavy atom. The third-order valence-corrected chi connectivity index (χ3v) is 3.11. The molecule has 0 radical (unpaired) electrons. The van der Waals surface area contributed by atoms with Crippen molar-refractivity contribution in [2.45, 2.75) is 6.92 Å². The molecule has 0 aliphatic heterocycles. The van der Waals surface area contributed by atoms with Crippen molar-refractivity contribution in [2.24, 2.45) is 0 Å². The smallest absolute Gasteiger partial charge is 0.227 e. The maximum Gasteiger partial charge on any atom is 0.227 e. The van der Waals surface area contributed by atoms with Gasteiger partial charge in [-0.15, -0.1) is 0 Å². The largest absolute Gasteiger partial charge is 0.444 e. The molecule has 0 aliphatic carbocycles. The molecule has 0 atom stereocenters. The molecule has 0 saturated carbocycles. The summed E-state index contributed by atoms with van der Waals surface area (Å²) in [5.74, 6) is 0.467. The summed E-state index contributed by atoms with van der Waals surface area (Å²) in [6, 6.07) is 17.1. The van der Waals surface area contributed by atoms with Crippen molar-refractivity contribution in [2.75, 3.05) is 0 Å². The summed E-state index contributed by atoms with van der Waals surface area (Å²) in [4.78, 5) is 16.1. The van der Waals surface area contributed by atoms with Gasteiger partial charge in [0.2, 0.25) is 5.89 Å². The van der Waals surface area contributed by atoms with E-state index in [1.165, 1.54) is 0 Å². The van der Waals surface area contributed by atoms with E-state index >= 15 is 0 Å². The van der Waals surface area contributed by atoms with Crippen molar-refractivity contribution in [3.8, 4) is 22.7 Å². The maximum absolute atomic E-state index is 11.6. The highest BCUT2D eigenvalue weighted by atomic mass is 16.3. The monoisotopic (exact) mass is 263 g/mol. The lowest BCUT2D eigenvalue weighted by Gasteiger charge is -2.01. The minimum absolute atomic E-state index is 0.0000566. The van der Waals surface area contributed by atoms with Gasteiger partial charge in [0.05, 0.1) is 0 Å². The summed E-state index contributed by atoms with van der Waals surface area (Å²) in [6.45, 7) is 1.54. The number of nitrogens with zero attached hydrogens (tertiary/aromatic N) is 1. The van der Waals surface area contributed by atoms with Crippen molar-refractivity contribution in [1.29, 1.82) is 0 Å². The van der Waals surface area contributed by atoms with E-state index in [1.54, 1.807) is 19.3 Å². The van der Waals surface area contributed by atoms with Crippen LogP contribution in [0.25, 0.3) is 22.7 Å². The summed E-state index contributed by atoms with van der Waals surface area (Å²) < 4.78 is 5.53. The normalized spacial score (nSPS) is 10.4. The fourth-order valence-electron chi connectivity index (χ4n) is 2.12. The van der Waals surface area contributed by atoms with E-state index in [9.17, 15) is 4.79 Å². The van der Waals surface area contributed by atoms with E-state index in [4.69, 9.17) is 4.42 Å². The number of carbonyl (C=O) groups excluding carboxylic acids is 1. The van der Waals surface area contributed by atoms with Crippen molar-refractivity contribution >= 4 is 5.78 Å². The van der Waals surface area contributed by atoms with Gasteiger partial charge in [-0.25, -0.2) is 4.98 Å². The molecular formula is C17H13NO2. The molecule has 1 heterocycles. The van der Waals surface area contributed by atoms with Crippen LogP contribution in [-0.4, -0.2) is 10.8 Å². The van der Waals surface area contributed by atoms with Crippen molar-refractivity contribution < 1.29 is 9.21 Å². The maximum atomic E-state index is 11.6. The van der Waals surface area contributed by atoms with Crippen LogP contribution in [0.2, 0.25) is 0 Å². The first-order chi connectivity index (χ1) is 9.75. The summed E-state index contributed by atoms with van der Waals surface area (Å²) in [6.07, 6.45) is 1.61. The number of rotatable bonds is 3. The quantitative estimate of drug-likeness (QED) is 0.665. The molecule has 0 unspecified atom stereocenters. The van der Waals surface area contributed by atoms with Crippen molar-refractivity contribution in [3.63, 3.8) is 0 Å². The highest BCUT2D eigenvalue weighted by Gasteiger charge is 2.14. The van der Waals surface area contributed by atoms with Gasteiger partial charge < -0.3 is 4.42 Å². The second-order valence-electron chi connectivity index (χ2n) is 4.51. The second kappa shape index (κ2) is 5.13. The zero-order valence-corrected chi connectivity index (χ0v) is 11.0. The Balaban J connectivity index is 2.05. The number of hydrogen-bond acceptors (Lipinski definition) is 3. The van der Waals surface area contributed by atoms with Crippen LogP contribution < -0.4 is 0 Å². The number of carbonyl (C=O) groups is 1. The van der Waals surface area contributed by atoms with E-state index in [1.807, 2.05) is 48.5 Å². The van der Waals surface area contributed by atoms with Crippen LogP contribution in [0.3, 0.4) is 0 Å². The lowest BCUT2D eigenvalue weighted by molar-refractivity contribution is 0.101. The minimum Gasteiger partial charge on any atom is -0.444 e. The summed E-state index contributed by atoms with van der Waals surface area (Å²) >= 11 is 0. The van der Waals surface area contributed by atoms with Gasteiger partial charge in [0.25, 0.3) is 0 Å². The van der Waals surface area contributed by atoms with Gasteiger partial charge in [-0.1, -0.05) is 48.5 Å². The highest BCUT2D eigenvalue weighted by molar-refractivity contribution is 5.99. The number of hydrogen-bond donors (Lipinski definition) is 0. The fourth-order valence-corrected chi connectivity index (χ4v) is 2.12. The summed E-state index contributed by atoms with van der Waals surface area (Å²) in [5, 5.41) is 0. The van der Waals surface area contributed by atoms with E-state index in [2.05, 4.69) is 4.98 Å². The Morgan fingerprint density at radius 3 is 2.45 bits per heavy atom. The molecule has 20 heavy (non-hydrogen) atoms. The average molecular weight is 263 g/mol. The molecule has 2 aromatic carbocycles. The third-order valence-electron chi connectivity index (χ3n) is 3.11. The molecule has 3 aromatic rings. The first kappa shape index (κ1) is 12.4. The Hall–Kier alpha value is -2.68. The van der Waals surface area contributed by atoms with Crippen molar-refractivity contribution in [3.05, 3.63) is 66.4 Å². The van der Waals surface area contributed by atoms with Crippen LogP contribution in [0.5, 0.6) is 0 Å². The molecule has 98 valence electrons. The molecule has 0 N–H and O–H groups in total. The number of benzene rings is 2. The summed E-state index contributed by atoms with van der Waals surface area (Å²) in [5.41, 5.74) is 3.10. The molecular weight excluding hydrogens is 250 g/mol. The molecule has 0 aliphatic rings. The Kier molecular flexibility index (Phi) is 3.17. The van der Waals surface area contributed by atoms with Crippen LogP contribution in [0.1, 0.15) is 17.3 Å². The lowest BCUT2D eigenvalue weighted by Crippen LogP contribution is -1.95. The van der Waals surface area contributed by atoms with E-state index in [0.717, 1.165) is 16.8 Å². The van der Waals surface area contributed by atoms with E-state index < -0.39 is 0 Å². The molecule has 0 amide bonds. The Morgan fingerprint density at radius 1 is 1.00 bits per heavy atom. The van der Waals surface area contributed by atoms with Crippen LogP contribution in [-0.2, 0) is 0 Å². The number of ketones is 1. The van der Waals surface area contributed by atoms with Gasteiger partial charge in [0.1, 0.15) is 12.0 Å². The predicted molar refractivity (Wildman–Crippen MR) is 77.4 cm³/mol. The molecule has 0 fully saturated rings. The van der Waals surface area contributed by atoms with Crippen LogP contribution >= 0.6 is 0 Å². The van der Waals surface area contributed by atoms with Gasteiger partial charge in [-0.05, 0) is 13.0 Å². The zero-order chi connectivity index (χ0) is 13.9. The topological polar surface area (TPSA) is 43.1 Å². The van der Waals surface area contributed by atoms with Gasteiger partial charge in [-0.2, -0.15) is 0 Å². The molecule has 3 heteroatoms. The summed E-state index contributed by atoms with van der Waals surface area (Å²) in [7, 11) is 0. The van der Waals surface area contributed by atoms with Crippen LogP contribution in [0, 0.1) is 0 Å². The highest BCUT2D eigenvalue weighted by Crippen LogP contribution is 2.27. The van der Waals surface area contributed by atoms with Crippen molar-refractivity contribution in [1.82, 2.24) is 4.98 Å². The lowest BCUT2D eigenvalue weighted by atomic mass is 10.0. The van der Waals surface area contributed by atoms with Gasteiger partial charge >= 0.3 is 0 Å².